The molecule has 8 heteroatoms. The SMILES string of the molecule is CCn1c(SCc2cccc(Br)c2)nnc1C(C)Oc1ccc(F)cc1F. The van der Waals surface area contributed by atoms with Crippen LogP contribution in [0.1, 0.15) is 31.3 Å². The third-order valence-electron chi connectivity index (χ3n) is 3.88. The first kappa shape index (κ1) is 19.8. The Morgan fingerprint density at radius 2 is 2.00 bits per heavy atom. The van der Waals surface area contributed by atoms with Crippen LogP contribution in [0.5, 0.6) is 5.75 Å². The lowest BCUT2D eigenvalue weighted by atomic mass is 10.2. The second-order valence-corrected chi connectivity index (χ2v) is 7.70. The topological polar surface area (TPSA) is 39.9 Å². The molecule has 0 bridgehead atoms. The highest BCUT2D eigenvalue weighted by Crippen LogP contribution is 2.28. The minimum absolute atomic E-state index is 0.0158. The van der Waals surface area contributed by atoms with Gasteiger partial charge in [0.15, 0.2) is 28.7 Å². The Bertz CT molecular complexity index is 935. The highest BCUT2D eigenvalue weighted by molar-refractivity contribution is 9.10. The van der Waals surface area contributed by atoms with Gasteiger partial charge in [-0.05, 0) is 43.7 Å². The van der Waals surface area contributed by atoms with Crippen LogP contribution in [-0.2, 0) is 12.3 Å². The highest BCUT2D eigenvalue weighted by Gasteiger charge is 2.20. The molecule has 1 aromatic heterocycles. The molecule has 0 aliphatic heterocycles. The van der Waals surface area contributed by atoms with Crippen LogP contribution in [0.2, 0.25) is 0 Å². The molecule has 0 saturated carbocycles. The molecule has 0 radical (unpaired) electrons. The summed E-state index contributed by atoms with van der Waals surface area (Å²) < 4.78 is 35.5. The molecule has 142 valence electrons. The van der Waals surface area contributed by atoms with E-state index in [1.165, 1.54) is 11.6 Å². The maximum Gasteiger partial charge on any atom is 0.191 e. The lowest BCUT2D eigenvalue weighted by Gasteiger charge is -2.16. The Kier molecular flexibility index (Phi) is 6.49. The third-order valence-corrected chi connectivity index (χ3v) is 5.41. The summed E-state index contributed by atoms with van der Waals surface area (Å²) in [6, 6.07) is 11.3. The van der Waals surface area contributed by atoms with E-state index in [0.29, 0.717) is 12.4 Å². The van der Waals surface area contributed by atoms with Gasteiger partial charge in [-0.25, -0.2) is 8.78 Å². The van der Waals surface area contributed by atoms with Crippen molar-refractivity contribution < 1.29 is 13.5 Å². The summed E-state index contributed by atoms with van der Waals surface area (Å²) in [5, 5.41) is 9.24. The number of aromatic nitrogens is 3. The van der Waals surface area contributed by atoms with Crippen LogP contribution < -0.4 is 4.74 Å². The van der Waals surface area contributed by atoms with Gasteiger partial charge in [0, 0.05) is 22.8 Å². The van der Waals surface area contributed by atoms with E-state index < -0.39 is 17.7 Å². The summed E-state index contributed by atoms with van der Waals surface area (Å²) in [6.07, 6.45) is -0.530. The van der Waals surface area contributed by atoms with Gasteiger partial charge in [0.2, 0.25) is 0 Å². The number of halogens is 3. The number of ether oxygens (including phenoxy) is 1. The molecule has 1 unspecified atom stereocenters. The van der Waals surface area contributed by atoms with Gasteiger partial charge >= 0.3 is 0 Å². The fourth-order valence-electron chi connectivity index (χ4n) is 2.59. The molecule has 2 aromatic carbocycles. The summed E-state index contributed by atoms with van der Waals surface area (Å²) in [6.45, 7) is 4.41. The molecule has 1 heterocycles. The van der Waals surface area contributed by atoms with Crippen molar-refractivity contribution in [2.24, 2.45) is 0 Å². The minimum atomic E-state index is -0.742. The molecule has 0 fully saturated rings. The second-order valence-electron chi connectivity index (χ2n) is 5.84. The summed E-state index contributed by atoms with van der Waals surface area (Å²) >= 11 is 5.04. The van der Waals surface area contributed by atoms with Crippen molar-refractivity contribution in [1.82, 2.24) is 14.8 Å². The fourth-order valence-corrected chi connectivity index (χ4v) is 3.99. The third kappa shape index (κ3) is 4.87. The predicted molar refractivity (Wildman–Crippen MR) is 105 cm³/mol. The molecule has 0 N–H and O–H groups in total. The summed E-state index contributed by atoms with van der Waals surface area (Å²) in [4.78, 5) is 0. The fraction of sp³-hybridized carbons (Fsp3) is 0.263. The van der Waals surface area contributed by atoms with E-state index in [2.05, 4.69) is 32.2 Å². The quantitative estimate of drug-likeness (QED) is 0.425. The van der Waals surface area contributed by atoms with Gasteiger partial charge in [-0.3, -0.25) is 0 Å². The molecule has 4 nitrogen and oxygen atoms in total. The average Bonchev–Trinajstić information content (AvgIpc) is 3.05. The normalized spacial score (nSPS) is 12.2. The molecule has 0 saturated heterocycles. The lowest BCUT2D eigenvalue weighted by molar-refractivity contribution is 0.200. The van der Waals surface area contributed by atoms with Gasteiger partial charge in [0.1, 0.15) is 5.82 Å². The Morgan fingerprint density at radius 3 is 2.70 bits per heavy atom. The van der Waals surface area contributed by atoms with Gasteiger partial charge in [-0.15, -0.1) is 10.2 Å². The van der Waals surface area contributed by atoms with Crippen LogP contribution in [-0.4, -0.2) is 14.8 Å². The van der Waals surface area contributed by atoms with Crippen molar-refractivity contribution in [3.05, 3.63) is 70.0 Å². The van der Waals surface area contributed by atoms with Crippen molar-refractivity contribution in [2.45, 2.75) is 37.4 Å². The van der Waals surface area contributed by atoms with Crippen LogP contribution >= 0.6 is 27.7 Å². The van der Waals surface area contributed by atoms with E-state index in [9.17, 15) is 8.78 Å². The van der Waals surface area contributed by atoms with Crippen LogP contribution in [0.15, 0.2) is 52.1 Å². The standard InChI is InChI=1S/C19H18BrF2N3OS/c1-3-25-18(12(2)26-17-8-7-15(21)10-16(17)22)23-24-19(25)27-11-13-5-4-6-14(20)9-13/h4-10,12H,3,11H2,1-2H3. The predicted octanol–water partition coefficient (Wildman–Crippen LogP) is 5.77. The maximum absolute atomic E-state index is 13.8. The molecular formula is C19H18BrF2N3OS. The van der Waals surface area contributed by atoms with E-state index >= 15 is 0 Å². The highest BCUT2D eigenvalue weighted by atomic mass is 79.9. The van der Waals surface area contributed by atoms with Crippen molar-refractivity contribution in [2.75, 3.05) is 0 Å². The molecule has 0 aliphatic carbocycles. The first-order valence-corrected chi connectivity index (χ1v) is 10.2. The van der Waals surface area contributed by atoms with Crippen molar-refractivity contribution >= 4 is 27.7 Å². The van der Waals surface area contributed by atoms with Gasteiger partial charge in [0.05, 0.1) is 0 Å². The van der Waals surface area contributed by atoms with Crippen LogP contribution in [0.4, 0.5) is 8.78 Å². The van der Waals surface area contributed by atoms with Gasteiger partial charge in [-0.1, -0.05) is 39.8 Å². The molecule has 3 rings (SSSR count). The van der Waals surface area contributed by atoms with Crippen LogP contribution in [0.25, 0.3) is 0 Å². The smallest absolute Gasteiger partial charge is 0.191 e. The Labute approximate surface area is 169 Å². The number of hydrogen-bond acceptors (Lipinski definition) is 4. The summed E-state index contributed by atoms with van der Waals surface area (Å²) in [5.74, 6) is -0.0562. The zero-order chi connectivity index (χ0) is 19.4. The summed E-state index contributed by atoms with van der Waals surface area (Å²) in [7, 11) is 0. The van der Waals surface area contributed by atoms with Crippen molar-refractivity contribution in [3.63, 3.8) is 0 Å². The number of nitrogens with zero attached hydrogens (tertiary/aromatic N) is 3. The molecule has 0 amide bonds. The van der Waals surface area contributed by atoms with E-state index in [0.717, 1.165) is 27.5 Å². The Hall–Kier alpha value is -1.93. The number of benzene rings is 2. The minimum Gasteiger partial charge on any atom is -0.480 e. The van der Waals surface area contributed by atoms with E-state index in [1.54, 1.807) is 18.7 Å². The Balaban J connectivity index is 1.74. The zero-order valence-electron chi connectivity index (χ0n) is 14.8. The molecule has 27 heavy (non-hydrogen) atoms. The average molecular weight is 454 g/mol. The molecular weight excluding hydrogens is 436 g/mol. The largest absolute Gasteiger partial charge is 0.480 e. The van der Waals surface area contributed by atoms with Gasteiger partial charge in [-0.2, -0.15) is 0 Å². The van der Waals surface area contributed by atoms with E-state index in [1.807, 2.05) is 29.7 Å². The number of thioether (sulfide) groups is 1. The lowest BCUT2D eigenvalue weighted by Crippen LogP contribution is -2.12. The molecule has 1 atom stereocenters. The first-order chi connectivity index (χ1) is 13.0. The molecule has 0 aliphatic rings. The molecule has 0 spiro atoms. The number of rotatable bonds is 7. The van der Waals surface area contributed by atoms with Crippen LogP contribution in [0, 0.1) is 11.6 Å². The molecule has 3 aromatic rings. The Morgan fingerprint density at radius 1 is 1.19 bits per heavy atom. The van der Waals surface area contributed by atoms with E-state index in [4.69, 9.17) is 4.74 Å². The van der Waals surface area contributed by atoms with Crippen molar-refractivity contribution in [1.29, 1.82) is 0 Å². The van der Waals surface area contributed by atoms with E-state index in [-0.39, 0.29) is 5.75 Å². The van der Waals surface area contributed by atoms with Crippen LogP contribution in [0.3, 0.4) is 0 Å². The second kappa shape index (κ2) is 8.84. The first-order valence-electron chi connectivity index (χ1n) is 8.40. The monoisotopic (exact) mass is 453 g/mol. The van der Waals surface area contributed by atoms with Gasteiger partial charge in [0.25, 0.3) is 0 Å². The van der Waals surface area contributed by atoms with Crippen molar-refractivity contribution in [3.8, 4) is 5.75 Å². The van der Waals surface area contributed by atoms with Gasteiger partial charge < -0.3 is 9.30 Å². The zero-order valence-corrected chi connectivity index (χ0v) is 17.2. The maximum atomic E-state index is 13.8. The summed E-state index contributed by atoms with van der Waals surface area (Å²) in [5.41, 5.74) is 1.17. The number of hydrogen-bond donors (Lipinski definition) is 0.